The smallest absolute Gasteiger partial charge is 0.105 e. The molecule has 20 heavy (non-hydrogen) atoms. The molecule has 0 spiro atoms. The van der Waals surface area contributed by atoms with Gasteiger partial charge in [0.15, 0.2) is 0 Å². The van der Waals surface area contributed by atoms with Crippen LogP contribution in [0.15, 0.2) is 47.1 Å². The van der Waals surface area contributed by atoms with Gasteiger partial charge in [-0.2, -0.15) is 0 Å². The van der Waals surface area contributed by atoms with Crippen molar-refractivity contribution in [3.63, 3.8) is 0 Å². The van der Waals surface area contributed by atoms with E-state index >= 15 is 0 Å². The number of benzene rings is 1. The largest absolute Gasteiger partial charge is 0.469 e. The van der Waals surface area contributed by atoms with Gasteiger partial charge in [-0.25, -0.2) is 0 Å². The second-order valence-electron chi connectivity index (χ2n) is 6.07. The summed E-state index contributed by atoms with van der Waals surface area (Å²) in [6.07, 6.45) is 5.23. The molecule has 1 fully saturated rings. The fourth-order valence-electron chi connectivity index (χ4n) is 3.24. The van der Waals surface area contributed by atoms with Gasteiger partial charge in [-0.15, -0.1) is 0 Å². The third-order valence-corrected chi connectivity index (χ3v) is 4.37. The third kappa shape index (κ3) is 2.96. The maximum absolute atomic E-state index is 5.40. The van der Waals surface area contributed by atoms with Crippen molar-refractivity contribution in [3.05, 3.63) is 59.5 Å². The Morgan fingerprint density at radius 2 is 2.00 bits per heavy atom. The van der Waals surface area contributed by atoms with E-state index in [1.165, 1.54) is 24.0 Å². The number of hydrogen-bond acceptors (Lipinski definition) is 2. The van der Waals surface area contributed by atoms with Crippen molar-refractivity contribution in [3.8, 4) is 0 Å². The molecule has 2 aromatic rings. The maximum atomic E-state index is 5.40. The summed E-state index contributed by atoms with van der Waals surface area (Å²) in [5.74, 6) is 1.81. The molecule has 1 atom stereocenters. The zero-order valence-corrected chi connectivity index (χ0v) is 12.3. The van der Waals surface area contributed by atoms with Gasteiger partial charge < -0.3 is 9.73 Å². The first-order chi connectivity index (χ1) is 9.72. The van der Waals surface area contributed by atoms with Gasteiger partial charge in [-0.3, -0.25) is 0 Å². The lowest BCUT2D eigenvalue weighted by molar-refractivity contribution is 0.265. The molecular weight excluding hydrogens is 246 g/mol. The highest BCUT2D eigenvalue weighted by molar-refractivity contribution is 5.31. The Bertz CT molecular complexity index is 540. The van der Waals surface area contributed by atoms with Gasteiger partial charge in [0, 0.05) is 18.5 Å². The molecule has 0 amide bonds. The number of rotatable bonds is 5. The zero-order valence-electron chi connectivity index (χ0n) is 12.3. The minimum Gasteiger partial charge on any atom is -0.469 e. The minimum atomic E-state index is 0.476. The van der Waals surface area contributed by atoms with Crippen LogP contribution in [0.5, 0.6) is 0 Å². The summed E-state index contributed by atoms with van der Waals surface area (Å²) in [5.41, 5.74) is 2.96. The Balaban J connectivity index is 1.47. The fourth-order valence-corrected chi connectivity index (χ4v) is 3.24. The average molecular weight is 269 g/mol. The van der Waals surface area contributed by atoms with Gasteiger partial charge >= 0.3 is 0 Å². The van der Waals surface area contributed by atoms with E-state index in [-0.39, 0.29) is 0 Å². The molecule has 3 rings (SSSR count). The first kappa shape index (κ1) is 13.4. The SMILES string of the molecule is Cc1ccccc1C1CC(NC(C)Cc2ccco2)C1. The van der Waals surface area contributed by atoms with E-state index in [1.54, 1.807) is 6.26 Å². The monoisotopic (exact) mass is 269 g/mol. The fraction of sp³-hybridized carbons (Fsp3) is 0.444. The molecular formula is C18H23NO. The van der Waals surface area contributed by atoms with Gasteiger partial charge in [0.25, 0.3) is 0 Å². The lowest BCUT2D eigenvalue weighted by Gasteiger charge is -2.38. The standard InChI is InChI=1S/C18H23NO/c1-13-6-3-4-8-18(13)15-11-16(12-15)19-14(2)10-17-7-5-9-20-17/h3-9,14-16,19H,10-12H2,1-2H3. The molecule has 1 heterocycles. The summed E-state index contributed by atoms with van der Waals surface area (Å²) in [7, 11) is 0. The van der Waals surface area contributed by atoms with Gasteiger partial charge in [-0.1, -0.05) is 24.3 Å². The summed E-state index contributed by atoms with van der Waals surface area (Å²) in [5, 5.41) is 3.71. The molecule has 0 radical (unpaired) electrons. The number of aryl methyl sites for hydroxylation is 1. The van der Waals surface area contributed by atoms with Crippen molar-refractivity contribution in [1.29, 1.82) is 0 Å². The molecule has 1 aromatic heterocycles. The zero-order chi connectivity index (χ0) is 13.9. The molecule has 1 aliphatic rings. The van der Waals surface area contributed by atoms with Crippen molar-refractivity contribution in [2.24, 2.45) is 0 Å². The highest BCUT2D eigenvalue weighted by Gasteiger charge is 2.31. The number of hydrogen-bond donors (Lipinski definition) is 1. The number of nitrogens with one attached hydrogen (secondary N) is 1. The van der Waals surface area contributed by atoms with Crippen LogP contribution in [0, 0.1) is 6.92 Å². The lowest BCUT2D eigenvalue weighted by Crippen LogP contribution is -2.45. The van der Waals surface area contributed by atoms with Gasteiger partial charge in [-0.05, 0) is 55.9 Å². The first-order valence-electron chi connectivity index (χ1n) is 7.56. The molecule has 0 bridgehead atoms. The summed E-state index contributed by atoms with van der Waals surface area (Å²) in [6, 6.07) is 13.9. The van der Waals surface area contributed by atoms with E-state index in [0.717, 1.165) is 18.1 Å². The van der Waals surface area contributed by atoms with Crippen molar-refractivity contribution in [2.75, 3.05) is 0 Å². The van der Waals surface area contributed by atoms with E-state index < -0.39 is 0 Å². The topological polar surface area (TPSA) is 25.2 Å². The highest BCUT2D eigenvalue weighted by Crippen LogP contribution is 2.38. The quantitative estimate of drug-likeness (QED) is 0.885. The second kappa shape index (κ2) is 5.84. The Morgan fingerprint density at radius 3 is 2.70 bits per heavy atom. The van der Waals surface area contributed by atoms with Crippen molar-refractivity contribution >= 4 is 0 Å². The first-order valence-corrected chi connectivity index (χ1v) is 7.56. The molecule has 2 heteroatoms. The highest BCUT2D eigenvalue weighted by atomic mass is 16.3. The van der Waals surface area contributed by atoms with Crippen LogP contribution in [0.2, 0.25) is 0 Å². The molecule has 106 valence electrons. The molecule has 0 aliphatic heterocycles. The molecule has 1 unspecified atom stereocenters. The molecule has 0 saturated heterocycles. The Morgan fingerprint density at radius 1 is 1.20 bits per heavy atom. The van der Waals surface area contributed by atoms with Crippen LogP contribution in [0.25, 0.3) is 0 Å². The van der Waals surface area contributed by atoms with Gasteiger partial charge in [0.2, 0.25) is 0 Å². The Kier molecular flexibility index (Phi) is 3.93. The molecule has 2 nitrogen and oxygen atoms in total. The third-order valence-electron chi connectivity index (χ3n) is 4.37. The van der Waals surface area contributed by atoms with E-state index in [4.69, 9.17) is 4.42 Å². The molecule has 1 aromatic carbocycles. The van der Waals surface area contributed by atoms with E-state index in [1.807, 2.05) is 6.07 Å². The van der Waals surface area contributed by atoms with Crippen LogP contribution in [-0.2, 0) is 6.42 Å². The van der Waals surface area contributed by atoms with Crippen LogP contribution in [0.4, 0.5) is 0 Å². The minimum absolute atomic E-state index is 0.476. The van der Waals surface area contributed by atoms with Crippen molar-refractivity contribution < 1.29 is 4.42 Å². The Hall–Kier alpha value is -1.54. The lowest BCUT2D eigenvalue weighted by atomic mass is 9.74. The molecule has 1 N–H and O–H groups in total. The van der Waals surface area contributed by atoms with Crippen LogP contribution >= 0.6 is 0 Å². The summed E-state index contributed by atoms with van der Waals surface area (Å²) >= 11 is 0. The molecule has 1 aliphatic carbocycles. The van der Waals surface area contributed by atoms with Crippen LogP contribution in [0.3, 0.4) is 0 Å². The van der Waals surface area contributed by atoms with E-state index in [9.17, 15) is 0 Å². The van der Waals surface area contributed by atoms with Crippen LogP contribution in [0.1, 0.15) is 42.6 Å². The predicted octanol–water partition coefficient (Wildman–Crippen LogP) is 4.05. The number of furan rings is 1. The van der Waals surface area contributed by atoms with Crippen LogP contribution < -0.4 is 5.32 Å². The van der Waals surface area contributed by atoms with Gasteiger partial charge in [0.05, 0.1) is 6.26 Å². The normalized spacial score (nSPS) is 23.3. The predicted molar refractivity (Wildman–Crippen MR) is 82.0 cm³/mol. The summed E-state index contributed by atoms with van der Waals surface area (Å²) in [6.45, 7) is 4.46. The van der Waals surface area contributed by atoms with Crippen molar-refractivity contribution in [1.82, 2.24) is 5.32 Å². The van der Waals surface area contributed by atoms with Gasteiger partial charge in [0.1, 0.15) is 5.76 Å². The molecule has 1 saturated carbocycles. The Labute approximate surface area is 121 Å². The van der Waals surface area contributed by atoms with E-state index in [2.05, 4.69) is 49.5 Å². The average Bonchev–Trinajstić information content (AvgIpc) is 2.87. The summed E-state index contributed by atoms with van der Waals surface area (Å²) < 4.78 is 5.40. The van der Waals surface area contributed by atoms with Crippen molar-refractivity contribution in [2.45, 2.75) is 51.1 Å². The van der Waals surface area contributed by atoms with Crippen LogP contribution in [-0.4, -0.2) is 12.1 Å². The maximum Gasteiger partial charge on any atom is 0.105 e. The van der Waals surface area contributed by atoms with E-state index in [0.29, 0.717) is 12.1 Å². The second-order valence-corrected chi connectivity index (χ2v) is 6.07. The summed E-state index contributed by atoms with van der Waals surface area (Å²) in [4.78, 5) is 0.